The molecule has 8 heteroatoms. The lowest BCUT2D eigenvalue weighted by molar-refractivity contribution is -0.139. The molecule has 25 heavy (non-hydrogen) atoms. The van der Waals surface area contributed by atoms with Gasteiger partial charge in [0, 0.05) is 15.5 Å². The van der Waals surface area contributed by atoms with Gasteiger partial charge in [-0.25, -0.2) is 4.98 Å². The molecular weight excluding hydrogens is 446 g/mol. The summed E-state index contributed by atoms with van der Waals surface area (Å²) in [6, 6.07) is 15.4. The summed E-state index contributed by atoms with van der Waals surface area (Å²) in [4.78, 5) is 7.63. The summed E-state index contributed by atoms with van der Waals surface area (Å²) in [6.45, 7) is 0. The van der Waals surface area contributed by atoms with Gasteiger partial charge in [0.15, 0.2) is 0 Å². The van der Waals surface area contributed by atoms with Crippen LogP contribution in [0.5, 0.6) is 11.6 Å². The van der Waals surface area contributed by atoms with Crippen LogP contribution in [0.1, 0.15) is 5.56 Å². The van der Waals surface area contributed by atoms with Crippen LogP contribution in [0.25, 0.3) is 0 Å². The summed E-state index contributed by atoms with van der Waals surface area (Å²) in [5, 5.41) is 2.86. The van der Waals surface area contributed by atoms with Crippen molar-refractivity contribution in [3.63, 3.8) is 0 Å². The molecule has 0 saturated carbocycles. The molecule has 3 aromatic rings. The molecule has 0 aliphatic carbocycles. The molecule has 2 aromatic carbocycles. The number of anilines is 2. The lowest BCUT2D eigenvalue weighted by Crippen LogP contribution is -2.10. The van der Waals surface area contributed by atoms with E-state index in [4.69, 9.17) is 4.74 Å². The molecular formula is C17H11F3IN3O. The van der Waals surface area contributed by atoms with Crippen molar-refractivity contribution in [2.45, 2.75) is 6.18 Å². The summed E-state index contributed by atoms with van der Waals surface area (Å²) in [5.74, 6) is -0.284. The Bertz CT molecular complexity index is 855. The number of halogens is 4. The van der Waals surface area contributed by atoms with Crippen molar-refractivity contribution in [2.75, 3.05) is 5.32 Å². The van der Waals surface area contributed by atoms with E-state index in [-0.39, 0.29) is 11.7 Å². The number of nitrogens with zero attached hydrogens (tertiary/aromatic N) is 2. The predicted molar refractivity (Wildman–Crippen MR) is 96.0 cm³/mol. The van der Waals surface area contributed by atoms with Gasteiger partial charge < -0.3 is 10.1 Å². The normalized spacial score (nSPS) is 11.2. The van der Waals surface area contributed by atoms with Gasteiger partial charge in [0.1, 0.15) is 11.3 Å². The van der Waals surface area contributed by atoms with Crippen LogP contribution in [0, 0.1) is 3.57 Å². The molecule has 1 N–H and O–H groups in total. The third-order valence-electron chi connectivity index (χ3n) is 3.12. The Morgan fingerprint density at radius 3 is 2.28 bits per heavy atom. The maximum atomic E-state index is 13.2. The summed E-state index contributed by atoms with van der Waals surface area (Å²) in [5.41, 5.74) is -0.379. The van der Waals surface area contributed by atoms with E-state index in [1.54, 1.807) is 42.5 Å². The van der Waals surface area contributed by atoms with Crippen molar-refractivity contribution in [1.82, 2.24) is 9.97 Å². The number of alkyl halides is 3. The second kappa shape index (κ2) is 7.26. The molecule has 0 unspecified atom stereocenters. The van der Waals surface area contributed by atoms with Crippen molar-refractivity contribution in [1.29, 1.82) is 0 Å². The van der Waals surface area contributed by atoms with Crippen molar-refractivity contribution in [3.8, 4) is 11.6 Å². The molecule has 0 fully saturated rings. The van der Waals surface area contributed by atoms with Crippen LogP contribution < -0.4 is 10.1 Å². The van der Waals surface area contributed by atoms with Gasteiger partial charge in [-0.3, -0.25) is 0 Å². The Kier molecular flexibility index (Phi) is 5.07. The first-order chi connectivity index (χ1) is 11.9. The minimum Gasteiger partial charge on any atom is -0.438 e. The van der Waals surface area contributed by atoms with E-state index in [1.807, 2.05) is 12.1 Å². The number of rotatable bonds is 4. The maximum Gasteiger partial charge on any atom is 0.423 e. The van der Waals surface area contributed by atoms with E-state index in [9.17, 15) is 13.2 Å². The fourth-order valence-corrected chi connectivity index (χ4v) is 2.32. The second-order valence-electron chi connectivity index (χ2n) is 4.96. The van der Waals surface area contributed by atoms with E-state index >= 15 is 0 Å². The lowest BCUT2D eigenvalue weighted by Gasteiger charge is -2.14. The highest BCUT2D eigenvalue weighted by molar-refractivity contribution is 14.1. The monoisotopic (exact) mass is 457 g/mol. The van der Waals surface area contributed by atoms with Crippen molar-refractivity contribution in [2.24, 2.45) is 0 Å². The van der Waals surface area contributed by atoms with E-state index in [0.29, 0.717) is 11.9 Å². The maximum absolute atomic E-state index is 13.2. The standard InChI is InChI=1S/C17H11F3IN3O/c18-17(19,20)14-10-22-16(23-12-8-6-11(21)7-9-12)24-15(14)25-13-4-2-1-3-5-13/h1-10H,(H,22,23,24). The lowest BCUT2D eigenvalue weighted by atomic mass is 10.3. The zero-order valence-corrected chi connectivity index (χ0v) is 14.7. The Labute approximate surface area is 155 Å². The van der Waals surface area contributed by atoms with E-state index in [1.165, 1.54) is 0 Å². The topological polar surface area (TPSA) is 47.0 Å². The number of nitrogens with one attached hydrogen (secondary N) is 1. The number of hydrogen-bond donors (Lipinski definition) is 1. The second-order valence-corrected chi connectivity index (χ2v) is 6.20. The van der Waals surface area contributed by atoms with Gasteiger partial charge in [-0.2, -0.15) is 18.2 Å². The molecule has 0 aliphatic heterocycles. The quantitative estimate of drug-likeness (QED) is 0.516. The zero-order chi connectivity index (χ0) is 17.9. The Morgan fingerprint density at radius 1 is 0.960 bits per heavy atom. The molecule has 0 atom stereocenters. The third-order valence-corrected chi connectivity index (χ3v) is 3.84. The zero-order valence-electron chi connectivity index (χ0n) is 12.6. The number of benzene rings is 2. The molecule has 0 saturated heterocycles. The van der Waals surface area contributed by atoms with Gasteiger partial charge in [-0.05, 0) is 59.0 Å². The van der Waals surface area contributed by atoms with Gasteiger partial charge in [-0.1, -0.05) is 18.2 Å². The van der Waals surface area contributed by atoms with Gasteiger partial charge in [0.2, 0.25) is 11.8 Å². The molecule has 0 spiro atoms. The van der Waals surface area contributed by atoms with Crippen LogP contribution in [0.3, 0.4) is 0 Å². The first-order valence-corrected chi connectivity index (χ1v) is 8.19. The number of hydrogen-bond acceptors (Lipinski definition) is 4. The molecule has 0 bridgehead atoms. The first-order valence-electron chi connectivity index (χ1n) is 7.11. The average molecular weight is 457 g/mol. The molecule has 3 rings (SSSR count). The Hall–Kier alpha value is -2.36. The van der Waals surface area contributed by atoms with Gasteiger partial charge in [-0.15, -0.1) is 0 Å². The van der Waals surface area contributed by atoms with Gasteiger partial charge in [0.25, 0.3) is 0 Å². The van der Waals surface area contributed by atoms with Gasteiger partial charge >= 0.3 is 6.18 Å². The van der Waals surface area contributed by atoms with Crippen LogP contribution in [0.15, 0.2) is 60.8 Å². The van der Waals surface area contributed by atoms with Crippen LogP contribution in [-0.2, 0) is 6.18 Å². The summed E-state index contributed by atoms with van der Waals surface area (Å²) in [6.07, 6.45) is -3.91. The number of ether oxygens (including phenoxy) is 1. The fourth-order valence-electron chi connectivity index (χ4n) is 1.96. The average Bonchev–Trinajstić information content (AvgIpc) is 2.57. The molecule has 4 nitrogen and oxygen atoms in total. The van der Waals surface area contributed by atoms with E-state index < -0.39 is 17.6 Å². The molecule has 1 heterocycles. The first kappa shape index (κ1) is 17.5. The molecule has 1 aromatic heterocycles. The van der Waals surface area contributed by atoms with Crippen LogP contribution >= 0.6 is 22.6 Å². The van der Waals surface area contributed by atoms with E-state index in [0.717, 1.165) is 3.57 Å². The minimum atomic E-state index is -4.62. The van der Waals surface area contributed by atoms with Crippen LogP contribution in [0.2, 0.25) is 0 Å². The predicted octanol–water partition coefficient (Wildman–Crippen LogP) is 5.64. The highest BCUT2D eigenvalue weighted by Crippen LogP contribution is 2.37. The minimum absolute atomic E-state index is 0.0140. The summed E-state index contributed by atoms with van der Waals surface area (Å²) in [7, 11) is 0. The largest absolute Gasteiger partial charge is 0.438 e. The molecule has 128 valence electrons. The Balaban J connectivity index is 1.93. The van der Waals surface area contributed by atoms with Crippen molar-refractivity contribution >= 4 is 34.2 Å². The highest BCUT2D eigenvalue weighted by atomic mass is 127. The smallest absolute Gasteiger partial charge is 0.423 e. The molecule has 0 radical (unpaired) electrons. The molecule has 0 amide bonds. The SMILES string of the molecule is FC(F)(F)c1cnc(Nc2ccc(I)cc2)nc1Oc1ccccc1. The third kappa shape index (κ3) is 4.59. The van der Waals surface area contributed by atoms with Crippen molar-refractivity contribution in [3.05, 3.63) is 69.9 Å². The van der Waals surface area contributed by atoms with Crippen LogP contribution in [0.4, 0.5) is 24.8 Å². The van der Waals surface area contributed by atoms with E-state index in [2.05, 4.69) is 37.9 Å². The Morgan fingerprint density at radius 2 is 1.64 bits per heavy atom. The van der Waals surface area contributed by atoms with Crippen molar-refractivity contribution < 1.29 is 17.9 Å². The molecule has 0 aliphatic rings. The van der Waals surface area contributed by atoms with Crippen LogP contribution in [-0.4, -0.2) is 9.97 Å². The fraction of sp³-hybridized carbons (Fsp3) is 0.0588. The number of aromatic nitrogens is 2. The van der Waals surface area contributed by atoms with Gasteiger partial charge in [0.05, 0.1) is 0 Å². The summed E-state index contributed by atoms with van der Waals surface area (Å²) < 4.78 is 45.9. The highest BCUT2D eigenvalue weighted by Gasteiger charge is 2.36. The number of para-hydroxylation sites is 1. The summed E-state index contributed by atoms with van der Waals surface area (Å²) >= 11 is 2.15.